The van der Waals surface area contributed by atoms with Crippen molar-refractivity contribution in [2.24, 2.45) is 0 Å². The van der Waals surface area contributed by atoms with Crippen LogP contribution in [-0.2, 0) is 6.54 Å². The number of hydrogen-bond donors (Lipinski definition) is 1. The first-order valence-corrected chi connectivity index (χ1v) is 9.00. The average molecular weight is 362 g/mol. The van der Waals surface area contributed by atoms with Crippen LogP contribution in [0.1, 0.15) is 36.9 Å². The lowest BCUT2D eigenvalue weighted by Crippen LogP contribution is -2.06. The first-order valence-electron chi connectivity index (χ1n) is 9.00. The van der Waals surface area contributed by atoms with E-state index < -0.39 is 0 Å². The number of nitrogens with one attached hydrogen (secondary N) is 1. The van der Waals surface area contributed by atoms with Crippen LogP contribution in [0.4, 0.5) is 5.82 Å². The molecule has 0 atom stereocenters. The van der Waals surface area contributed by atoms with Gasteiger partial charge >= 0.3 is 0 Å². The second kappa shape index (κ2) is 6.83. The highest BCUT2D eigenvalue weighted by atomic mass is 16.5. The lowest BCUT2D eigenvalue weighted by Gasteiger charge is -2.11. The third kappa shape index (κ3) is 3.16. The van der Waals surface area contributed by atoms with Crippen LogP contribution in [0.25, 0.3) is 22.6 Å². The minimum absolute atomic E-state index is 0.240. The molecule has 0 aliphatic heterocycles. The standard InChI is InChI=1S/C20H22N6O/c1-12(2)26-11-22-17-19(21-10-15-8-6-5-7-9-15)23-18(24-20(17)26)16-13(3)25-27-14(16)4/h5-9,11-12H,10H2,1-4H3,(H,21,23,24). The van der Waals surface area contributed by atoms with Crippen molar-refractivity contribution in [3.63, 3.8) is 0 Å². The summed E-state index contributed by atoms with van der Waals surface area (Å²) in [5.41, 5.74) is 4.33. The van der Waals surface area contributed by atoms with Gasteiger partial charge in [0, 0.05) is 12.6 Å². The van der Waals surface area contributed by atoms with Crippen LogP contribution >= 0.6 is 0 Å². The van der Waals surface area contributed by atoms with Crippen molar-refractivity contribution in [1.82, 2.24) is 24.7 Å². The van der Waals surface area contributed by atoms with Crippen molar-refractivity contribution >= 4 is 17.0 Å². The zero-order valence-electron chi connectivity index (χ0n) is 15.9. The molecule has 1 aromatic carbocycles. The van der Waals surface area contributed by atoms with Gasteiger partial charge in [-0.25, -0.2) is 15.0 Å². The summed E-state index contributed by atoms with van der Waals surface area (Å²) in [4.78, 5) is 14.1. The van der Waals surface area contributed by atoms with Crippen molar-refractivity contribution < 1.29 is 4.52 Å². The number of rotatable bonds is 5. The Morgan fingerprint density at radius 1 is 1.11 bits per heavy atom. The molecule has 0 radical (unpaired) electrons. The Labute approximate surface area is 157 Å². The molecule has 3 heterocycles. The molecule has 3 aromatic heterocycles. The topological polar surface area (TPSA) is 81.7 Å². The van der Waals surface area contributed by atoms with E-state index in [0.29, 0.717) is 23.9 Å². The van der Waals surface area contributed by atoms with Gasteiger partial charge in [0.05, 0.1) is 17.6 Å². The van der Waals surface area contributed by atoms with Crippen LogP contribution in [0.15, 0.2) is 41.2 Å². The zero-order valence-corrected chi connectivity index (χ0v) is 15.9. The number of fused-ring (bicyclic) bond motifs is 1. The largest absolute Gasteiger partial charge is 0.364 e. The van der Waals surface area contributed by atoms with Gasteiger partial charge < -0.3 is 14.4 Å². The lowest BCUT2D eigenvalue weighted by molar-refractivity contribution is 0.393. The zero-order chi connectivity index (χ0) is 19.0. The van der Waals surface area contributed by atoms with E-state index in [2.05, 4.69) is 41.4 Å². The number of aryl methyl sites for hydroxylation is 2. The molecular formula is C20H22N6O. The maximum atomic E-state index is 5.32. The van der Waals surface area contributed by atoms with Gasteiger partial charge in [0.1, 0.15) is 11.3 Å². The second-order valence-electron chi connectivity index (χ2n) is 6.85. The fourth-order valence-corrected chi connectivity index (χ4v) is 3.11. The summed E-state index contributed by atoms with van der Waals surface area (Å²) in [7, 11) is 0. The van der Waals surface area contributed by atoms with Crippen molar-refractivity contribution in [3.05, 3.63) is 53.7 Å². The number of imidazole rings is 1. The lowest BCUT2D eigenvalue weighted by atomic mass is 10.2. The fourth-order valence-electron chi connectivity index (χ4n) is 3.11. The van der Waals surface area contributed by atoms with Gasteiger partial charge in [0.15, 0.2) is 17.3 Å². The summed E-state index contributed by atoms with van der Waals surface area (Å²) >= 11 is 0. The molecule has 0 bridgehead atoms. The van der Waals surface area contributed by atoms with Crippen molar-refractivity contribution in [2.75, 3.05) is 5.32 Å². The molecule has 0 unspecified atom stereocenters. The van der Waals surface area contributed by atoms with E-state index in [4.69, 9.17) is 14.5 Å². The summed E-state index contributed by atoms with van der Waals surface area (Å²) in [6, 6.07) is 10.4. The first kappa shape index (κ1) is 17.2. The Kier molecular flexibility index (Phi) is 4.35. The van der Waals surface area contributed by atoms with E-state index in [1.54, 1.807) is 0 Å². The van der Waals surface area contributed by atoms with Crippen LogP contribution in [-0.4, -0.2) is 24.7 Å². The Bertz CT molecular complexity index is 1060. The maximum absolute atomic E-state index is 5.32. The molecule has 1 N–H and O–H groups in total. The molecule has 4 rings (SSSR count). The minimum atomic E-state index is 0.240. The summed E-state index contributed by atoms with van der Waals surface area (Å²) in [6.07, 6.45) is 1.81. The van der Waals surface area contributed by atoms with Gasteiger partial charge in [-0.15, -0.1) is 0 Å². The van der Waals surface area contributed by atoms with E-state index >= 15 is 0 Å². The number of aromatic nitrogens is 5. The molecule has 4 aromatic rings. The van der Waals surface area contributed by atoms with Gasteiger partial charge in [0.25, 0.3) is 0 Å². The smallest absolute Gasteiger partial charge is 0.169 e. The van der Waals surface area contributed by atoms with E-state index in [1.165, 1.54) is 5.56 Å². The van der Waals surface area contributed by atoms with Gasteiger partial charge in [-0.2, -0.15) is 0 Å². The minimum Gasteiger partial charge on any atom is -0.364 e. The number of hydrogen-bond acceptors (Lipinski definition) is 6. The van der Waals surface area contributed by atoms with Gasteiger partial charge in [0.2, 0.25) is 0 Å². The van der Waals surface area contributed by atoms with E-state index in [1.807, 2.05) is 42.9 Å². The molecular weight excluding hydrogens is 340 g/mol. The molecule has 0 aliphatic carbocycles. The average Bonchev–Trinajstić information content (AvgIpc) is 3.23. The van der Waals surface area contributed by atoms with Crippen LogP contribution in [0.3, 0.4) is 0 Å². The predicted molar refractivity (Wildman–Crippen MR) is 104 cm³/mol. The van der Waals surface area contributed by atoms with E-state index in [-0.39, 0.29) is 6.04 Å². The summed E-state index contributed by atoms with van der Waals surface area (Å²) in [5.74, 6) is 2.01. The molecule has 27 heavy (non-hydrogen) atoms. The van der Waals surface area contributed by atoms with Gasteiger partial charge in [-0.1, -0.05) is 35.5 Å². The van der Waals surface area contributed by atoms with Gasteiger partial charge in [-0.05, 0) is 33.3 Å². The van der Waals surface area contributed by atoms with Crippen LogP contribution < -0.4 is 5.32 Å². The normalized spacial score (nSPS) is 11.4. The predicted octanol–water partition coefficient (Wildman–Crippen LogP) is 4.29. The van der Waals surface area contributed by atoms with E-state index in [9.17, 15) is 0 Å². The number of anilines is 1. The summed E-state index contributed by atoms with van der Waals surface area (Å²) in [6.45, 7) is 8.64. The van der Waals surface area contributed by atoms with Crippen molar-refractivity contribution in [3.8, 4) is 11.4 Å². The third-order valence-corrected chi connectivity index (χ3v) is 4.54. The molecule has 0 saturated heterocycles. The molecule has 0 amide bonds. The Morgan fingerprint density at radius 3 is 2.56 bits per heavy atom. The summed E-state index contributed by atoms with van der Waals surface area (Å²) < 4.78 is 7.37. The Balaban J connectivity index is 1.83. The first-order chi connectivity index (χ1) is 13.0. The molecule has 138 valence electrons. The van der Waals surface area contributed by atoms with Crippen molar-refractivity contribution in [2.45, 2.75) is 40.3 Å². The maximum Gasteiger partial charge on any atom is 0.169 e. The van der Waals surface area contributed by atoms with Crippen molar-refractivity contribution in [1.29, 1.82) is 0 Å². The highest BCUT2D eigenvalue weighted by molar-refractivity contribution is 5.85. The van der Waals surface area contributed by atoms with Gasteiger partial charge in [-0.3, -0.25) is 0 Å². The van der Waals surface area contributed by atoms with Crippen LogP contribution in [0, 0.1) is 13.8 Å². The van der Waals surface area contributed by atoms with E-state index in [0.717, 1.165) is 22.4 Å². The Hall–Kier alpha value is -3.22. The Morgan fingerprint density at radius 2 is 1.89 bits per heavy atom. The monoisotopic (exact) mass is 362 g/mol. The second-order valence-corrected chi connectivity index (χ2v) is 6.85. The highest BCUT2D eigenvalue weighted by Gasteiger charge is 2.20. The third-order valence-electron chi connectivity index (χ3n) is 4.54. The molecule has 0 saturated carbocycles. The van der Waals surface area contributed by atoms with Crippen LogP contribution in [0.2, 0.25) is 0 Å². The molecule has 7 nitrogen and oxygen atoms in total. The fraction of sp³-hybridized carbons (Fsp3) is 0.300. The number of benzene rings is 1. The number of nitrogens with zero attached hydrogens (tertiary/aromatic N) is 5. The quantitative estimate of drug-likeness (QED) is 0.570. The molecule has 0 fully saturated rings. The summed E-state index contributed by atoms with van der Waals surface area (Å²) in [5, 5.41) is 7.46. The highest BCUT2D eigenvalue weighted by Crippen LogP contribution is 2.29. The molecule has 0 aliphatic rings. The molecule has 0 spiro atoms. The van der Waals surface area contributed by atoms with Crippen LogP contribution in [0.5, 0.6) is 0 Å². The SMILES string of the molecule is Cc1noc(C)c1-c1nc(NCc2ccccc2)c2ncn(C(C)C)c2n1. The molecule has 7 heteroatoms.